The number of hydrogen-bond acceptors (Lipinski definition) is 2. The zero-order chi connectivity index (χ0) is 11.7. The monoisotopic (exact) mass is 231 g/mol. The van der Waals surface area contributed by atoms with Crippen molar-refractivity contribution in [2.45, 2.75) is 12.5 Å². The molecule has 86 valence electrons. The van der Waals surface area contributed by atoms with E-state index >= 15 is 0 Å². The van der Waals surface area contributed by atoms with Gasteiger partial charge in [-0.25, -0.2) is 18.0 Å². The maximum atomic E-state index is 12.9. The van der Waals surface area contributed by atoms with E-state index in [9.17, 15) is 18.0 Å². The fraction of sp³-hybridized carbons (Fsp3) is 0.300. The maximum absolute atomic E-state index is 12.9. The van der Waals surface area contributed by atoms with Gasteiger partial charge in [-0.15, -0.1) is 0 Å². The molecule has 0 aliphatic carbocycles. The van der Waals surface area contributed by atoms with Crippen LogP contribution in [0.15, 0.2) is 12.1 Å². The van der Waals surface area contributed by atoms with E-state index < -0.39 is 29.6 Å². The first kappa shape index (κ1) is 10.8. The third-order valence-corrected chi connectivity index (χ3v) is 2.34. The highest BCUT2D eigenvalue weighted by atomic mass is 19.2. The smallest absolute Gasteiger partial charge is 0.407 e. The van der Waals surface area contributed by atoms with E-state index in [1.54, 1.807) is 0 Å². The van der Waals surface area contributed by atoms with Crippen LogP contribution in [0.2, 0.25) is 0 Å². The molecule has 0 aromatic heterocycles. The van der Waals surface area contributed by atoms with Crippen LogP contribution in [-0.4, -0.2) is 12.7 Å². The van der Waals surface area contributed by atoms with E-state index in [1.807, 2.05) is 0 Å². The zero-order valence-electron chi connectivity index (χ0n) is 8.10. The average molecular weight is 231 g/mol. The van der Waals surface area contributed by atoms with Crippen molar-refractivity contribution in [3.63, 3.8) is 0 Å². The largest absolute Gasteiger partial charge is 0.449 e. The van der Waals surface area contributed by atoms with Crippen molar-refractivity contribution < 1.29 is 22.7 Å². The van der Waals surface area contributed by atoms with E-state index in [0.29, 0.717) is 6.42 Å². The SMILES string of the molecule is O=C1N[C@H](c2cc(F)c(F)c(F)c2)CCO1. The molecule has 1 fully saturated rings. The first-order chi connectivity index (χ1) is 7.58. The fourth-order valence-electron chi connectivity index (χ4n) is 1.55. The number of halogens is 3. The van der Waals surface area contributed by atoms with Gasteiger partial charge >= 0.3 is 6.09 Å². The molecule has 3 nitrogen and oxygen atoms in total. The summed E-state index contributed by atoms with van der Waals surface area (Å²) in [5.74, 6) is -4.05. The lowest BCUT2D eigenvalue weighted by molar-refractivity contribution is 0.115. The Balaban J connectivity index is 2.30. The molecule has 0 radical (unpaired) electrons. The number of cyclic esters (lactones) is 1. The van der Waals surface area contributed by atoms with Crippen LogP contribution in [0, 0.1) is 17.5 Å². The van der Waals surface area contributed by atoms with E-state index in [1.165, 1.54) is 0 Å². The molecule has 0 saturated carbocycles. The Morgan fingerprint density at radius 1 is 1.25 bits per heavy atom. The number of carbonyl (C=O) groups is 1. The van der Waals surface area contributed by atoms with E-state index in [0.717, 1.165) is 12.1 Å². The summed E-state index contributed by atoms with van der Waals surface area (Å²) in [6.07, 6.45) is -0.266. The highest BCUT2D eigenvalue weighted by Crippen LogP contribution is 2.23. The van der Waals surface area contributed by atoms with Crippen molar-refractivity contribution in [1.82, 2.24) is 5.32 Å². The van der Waals surface area contributed by atoms with Gasteiger partial charge in [-0.1, -0.05) is 0 Å². The van der Waals surface area contributed by atoms with Gasteiger partial charge in [0.15, 0.2) is 17.5 Å². The molecule has 1 aliphatic heterocycles. The molecular formula is C10H8F3NO2. The van der Waals surface area contributed by atoms with Crippen molar-refractivity contribution in [2.24, 2.45) is 0 Å². The standard InChI is InChI=1S/C10H8F3NO2/c11-6-3-5(4-7(12)9(6)13)8-1-2-16-10(15)14-8/h3-4,8H,1-2H2,(H,14,15)/t8-/m0/s1. The molecule has 1 atom stereocenters. The Morgan fingerprint density at radius 3 is 2.44 bits per heavy atom. The second-order valence-electron chi connectivity index (χ2n) is 3.42. The Kier molecular flexibility index (Phi) is 2.72. The molecule has 6 heteroatoms. The second-order valence-corrected chi connectivity index (χ2v) is 3.42. The van der Waals surface area contributed by atoms with Gasteiger partial charge in [0.2, 0.25) is 0 Å². The Bertz CT molecular complexity index is 413. The lowest BCUT2D eigenvalue weighted by atomic mass is 10.0. The Morgan fingerprint density at radius 2 is 1.88 bits per heavy atom. The molecule has 1 saturated heterocycles. The van der Waals surface area contributed by atoms with Crippen LogP contribution < -0.4 is 5.32 Å². The number of rotatable bonds is 1. The summed E-state index contributed by atoms with van der Waals surface area (Å²) in [6.45, 7) is 0.164. The molecule has 1 N–H and O–H groups in total. The van der Waals surface area contributed by atoms with Gasteiger partial charge in [0, 0.05) is 6.42 Å². The van der Waals surface area contributed by atoms with Gasteiger partial charge in [-0.3, -0.25) is 0 Å². The van der Waals surface area contributed by atoms with Crippen LogP contribution >= 0.6 is 0 Å². The molecule has 0 unspecified atom stereocenters. The molecule has 1 heterocycles. The molecule has 0 spiro atoms. The van der Waals surface area contributed by atoms with Crippen LogP contribution in [0.25, 0.3) is 0 Å². The topological polar surface area (TPSA) is 38.3 Å². The number of ether oxygens (including phenoxy) is 1. The summed E-state index contributed by atoms with van der Waals surface area (Å²) in [6, 6.07) is 1.19. The van der Waals surface area contributed by atoms with Crippen molar-refractivity contribution in [3.8, 4) is 0 Å². The third kappa shape index (κ3) is 1.95. The highest BCUT2D eigenvalue weighted by molar-refractivity contribution is 5.68. The van der Waals surface area contributed by atoms with Gasteiger partial charge in [0.05, 0.1) is 12.6 Å². The minimum atomic E-state index is -1.51. The molecule has 1 aliphatic rings. The van der Waals surface area contributed by atoms with Crippen molar-refractivity contribution in [3.05, 3.63) is 35.1 Å². The van der Waals surface area contributed by atoms with Crippen LogP contribution in [0.5, 0.6) is 0 Å². The summed E-state index contributed by atoms with van der Waals surface area (Å²) in [5.41, 5.74) is 0.188. The maximum Gasteiger partial charge on any atom is 0.407 e. The lowest BCUT2D eigenvalue weighted by Crippen LogP contribution is -2.35. The van der Waals surface area contributed by atoms with Gasteiger partial charge in [0.25, 0.3) is 0 Å². The fourth-order valence-corrected chi connectivity index (χ4v) is 1.55. The van der Waals surface area contributed by atoms with Gasteiger partial charge in [0.1, 0.15) is 0 Å². The quantitative estimate of drug-likeness (QED) is 0.753. The summed E-state index contributed by atoms with van der Waals surface area (Å²) >= 11 is 0. The third-order valence-electron chi connectivity index (χ3n) is 2.34. The predicted molar refractivity (Wildman–Crippen MR) is 48.2 cm³/mol. The van der Waals surface area contributed by atoms with Crippen LogP contribution in [0.4, 0.5) is 18.0 Å². The second kappa shape index (κ2) is 4.03. The summed E-state index contributed by atoms with van der Waals surface area (Å²) in [7, 11) is 0. The minimum Gasteiger partial charge on any atom is -0.449 e. The molecule has 1 aromatic rings. The molecule has 0 bridgehead atoms. The lowest BCUT2D eigenvalue weighted by Gasteiger charge is -2.23. The molecule has 1 amide bonds. The Hall–Kier alpha value is -1.72. The van der Waals surface area contributed by atoms with Crippen molar-refractivity contribution in [2.75, 3.05) is 6.61 Å². The van der Waals surface area contributed by atoms with Gasteiger partial charge < -0.3 is 10.1 Å². The highest BCUT2D eigenvalue weighted by Gasteiger charge is 2.23. The van der Waals surface area contributed by atoms with E-state index in [-0.39, 0.29) is 12.2 Å². The van der Waals surface area contributed by atoms with Crippen molar-refractivity contribution in [1.29, 1.82) is 0 Å². The van der Waals surface area contributed by atoms with E-state index in [4.69, 9.17) is 0 Å². The summed E-state index contributed by atoms with van der Waals surface area (Å²) in [4.78, 5) is 10.9. The summed E-state index contributed by atoms with van der Waals surface area (Å²) < 4.78 is 43.2. The van der Waals surface area contributed by atoms with Gasteiger partial charge in [-0.05, 0) is 17.7 Å². The first-order valence-electron chi connectivity index (χ1n) is 4.65. The number of alkyl carbamates (subject to hydrolysis) is 1. The number of hydrogen-bond donors (Lipinski definition) is 1. The molecule has 16 heavy (non-hydrogen) atoms. The van der Waals surface area contributed by atoms with E-state index in [2.05, 4.69) is 10.1 Å². The summed E-state index contributed by atoms with van der Waals surface area (Å²) in [5, 5.41) is 2.39. The van der Waals surface area contributed by atoms with Crippen LogP contribution in [0.3, 0.4) is 0 Å². The number of carbonyl (C=O) groups excluding carboxylic acids is 1. The average Bonchev–Trinajstić information content (AvgIpc) is 2.25. The number of benzene rings is 1. The number of amides is 1. The van der Waals surface area contributed by atoms with Crippen LogP contribution in [-0.2, 0) is 4.74 Å². The predicted octanol–water partition coefficient (Wildman–Crippen LogP) is 2.27. The Labute approximate surface area is 89.2 Å². The van der Waals surface area contributed by atoms with Crippen molar-refractivity contribution >= 4 is 6.09 Å². The molecular weight excluding hydrogens is 223 g/mol. The zero-order valence-corrected chi connectivity index (χ0v) is 8.10. The van der Waals surface area contributed by atoms with Crippen LogP contribution in [0.1, 0.15) is 18.0 Å². The normalized spacial score (nSPS) is 20.2. The van der Waals surface area contributed by atoms with Gasteiger partial charge in [-0.2, -0.15) is 0 Å². The number of nitrogens with one attached hydrogen (secondary N) is 1. The first-order valence-corrected chi connectivity index (χ1v) is 4.65. The minimum absolute atomic E-state index is 0.164. The molecule has 1 aromatic carbocycles. The molecule has 2 rings (SSSR count).